The Hall–Kier alpha value is -1.28. The van der Waals surface area contributed by atoms with Crippen LogP contribution in [-0.4, -0.2) is 31.1 Å². The lowest BCUT2D eigenvalue weighted by molar-refractivity contribution is 0.176. The molecule has 1 aromatic rings. The predicted octanol–water partition coefficient (Wildman–Crippen LogP) is 4.61. The molecule has 1 aliphatic heterocycles. The number of benzene rings is 1. The Labute approximate surface area is 136 Å². The molecule has 0 aliphatic carbocycles. The Morgan fingerprint density at radius 3 is 3.00 bits per heavy atom. The Morgan fingerprint density at radius 1 is 1.36 bits per heavy atom. The van der Waals surface area contributed by atoms with Crippen LogP contribution >= 0.6 is 0 Å². The average Bonchev–Trinajstić information content (AvgIpc) is 2.50. The number of para-hydroxylation sites is 1. The number of allylic oxidation sites excluding steroid dienone is 1. The third-order valence-corrected chi connectivity index (χ3v) is 4.51. The monoisotopic (exact) mass is 301 g/mol. The second-order valence-electron chi connectivity index (χ2n) is 6.66. The molecule has 0 radical (unpaired) electrons. The Balaban J connectivity index is 1.71. The highest BCUT2D eigenvalue weighted by atomic mass is 16.5. The van der Waals surface area contributed by atoms with Crippen molar-refractivity contribution in [2.75, 3.05) is 26.2 Å². The molecule has 22 heavy (non-hydrogen) atoms. The van der Waals surface area contributed by atoms with Gasteiger partial charge in [-0.2, -0.15) is 0 Å². The van der Waals surface area contributed by atoms with Gasteiger partial charge in [0, 0.05) is 6.54 Å². The normalized spacial score (nSPS) is 19.1. The fourth-order valence-electron chi connectivity index (χ4n) is 3.34. The molecule has 1 unspecified atom stereocenters. The van der Waals surface area contributed by atoms with Gasteiger partial charge in [0.05, 0.1) is 6.61 Å². The molecule has 1 atom stereocenters. The quantitative estimate of drug-likeness (QED) is 0.513. The Bertz CT molecular complexity index is 469. The summed E-state index contributed by atoms with van der Waals surface area (Å²) in [6.45, 7) is 12.9. The largest absolute Gasteiger partial charge is 0.493 e. The minimum absolute atomic E-state index is 0.818. The van der Waals surface area contributed by atoms with Crippen LogP contribution in [0.15, 0.2) is 30.9 Å². The summed E-state index contributed by atoms with van der Waals surface area (Å²) >= 11 is 0. The van der Waals surface area contributed by atoms with Crippen molar-refractivity contribution in [1.82, 2.24) is 4.90 Å². The van der Waals surface area contributed by atoms with Gasteiger partial charge >= 0.3 is 0 Å². The van der Waals surface area contributed by atoms with Gasteiger partial charge in [0.2, 0.25) is 0 Å². The first-order valence-electron chi connectivity index (χ1n) is 8.75. The van der Waals surface area contributed by atoms with Crippen molar-refractivity contribution < 1.29 is 4.74 Å². The number of unbranched alkanes of at least 4 members (excludes halogenated alkanes) is 1. The first-order chi connectivity index (χ1) is 10.7. The Kier molecular flexibility index (Phi) is 6.98. The van der Waals surface area contributed by atoms with Crippen molar-refractivity contribution in [2.45, 2.75) is 46.0 Å². The molecule has 1 aromatic carbocycles. The van der Waals surface area contributed by atoms with Crippen LogP contribution in [0.4, 0.5) is 0 Å². The van der Waals surface area contributed by atoms with Gasteiger partial charge in [0.15, 0.2) is 0 Å². The minimum Gasteiger partial charge on any atom is -0.493 e. The number of ether oxygens (including phenoxy) is 1. The summed E-state index contributed by atoms with van der Waals surface area (Å²) in [6.07, 6.45) is 7.95. The van der Waals surface area contributed by atoms with E-state index < -0.39 is 0 Å². The number of hydrogen-bond donors (Lipinski definition) is 0. The van der Waals surface area contributed by atoms with E-state index in [1.54, 1.807) is 0 Å². The van der Waals surface area contributed by atoms with Crippen molar-refractivity contribution >= 4 is 0 Å². The van der Waals surface area contributed by atoms with Gasteiger partial charge in [-0.1, -0.05) is 31.2 Å². The van der Waals surface area contributed by atoms with Gasteiger partial charge in [-0.15, -0.1) is 6.58 Å². The second-order valence-corrected chi connectivity index (χ2v) is 6.66. The number of rotatable bonds is 8. The highest BCUT2D eigenvalue weighted by Gasteiger charge is 2.15. The summed E-state index contributed by atoms with van der Waals surface area (Å²) in [5, 5.41) is 0. The number of nitrogens with zero attached hydrogens (tertiary/aromatic N) is 1. The standard InChI is InChI=1S/C20H31NO/c1-4-9-19-12-7-11-18(3)20(19)22-15-6-5-13-21-14-8-10-17(2)16-21/h4,7,11-12,17H,1,5-6,8-10,13-16H2,2-3H3. The molecule has 0 saturated carbocycles. The topological polar surface area (TPSA) is 12.5 Å². The van der Waals surface area contributed by atoms with E-state index in [1.807, 2.05) is 6.08 Å². The highest BCUT2D eigenvalue weighted by molar-refractivity contribution is 5.41. The zero-order valence-electron chi connectivity index (χ0n) is 14.3. The molecule has 1 saturated heterocycles. The predicted molar refractivity (Wildman–Crippen MR) is 94.6 cm³/mol. The number of piperidine rings is 1. The third-order valence-electron chi connectivity index (χ3n) is 4.51. The van der Waals surface area contributed by atoms with E-state index in [9.17, 15) is 0 Å². The maximum atomic E-state index is 6.06. The van der Waals surface area contributed by atoms with E-state index in [1.165, 1.54) is 50.0 Å². The van der Waals surface area contributed by atoms with Crippen LogP contribution in [0.2, 0.25) is 0 Å². The maximum absolute atomic E-state index is 6.06. The average molecular weight is 301 g/mol. The molecule has 2 rings (SSSR count). The second kappa shape index (κ2) is 8.99. The summed E-state index contributed by atoms with van der Waals surface area (Å²) in [6, 6.07) is 6.36. The molecule has 0 spiro atoms. The molecule has 1 aliphatic rings. The highest BCUT2D eigenvalue weighted by Crippen LogP contribution is 2.24. The van der Waals surface area contributed by atoms with E-state index in [2.05, 4.69) is 43.5 Å². The van der Waals surface area contributed by atoms with E-state index in [0.29, 0.717) is 0 Å². The zero-order chi connectivity index (χ0) is 15.8. The maximum Gasteiger partial charge on any atom is 0.125 e. The molecule has 0 bridgehead atoms. The SMILES string of the molecule is C=CCc1cccc(C)c1OCCCCN1CCCC(C)C1. The molecule has 0 amide bonds. The van der Waals surface area contributed by atoms with Gasteiger partial charge < -0.3 is 9.64 Å². The van der Waals surface area contributed by atoms with Gasteiger partial charge in [-0.25, -0.2) is 0 Å². The summed E-state index contributed by atoms with van der Waals surface area (Å²) < 4.78 is 6.06. The fourth-order valence-corrected chi connectivity index (χ4v) is 3.34. The summed E-state index contributed by atoms with van der Waals surface area (Å²) in [7, 11) is 0. The van der Waals surface area contributed by atoms with Crippen LogP contribution < -0.4 is 4.74 Å². The number of likely N-dealkylation sites (tertiary alicyclic amines) is 1. The van der Waals surface area contributed by atoms with Crippen LogP contribution in [0.25, 0.3) is 0 Å². The first-order valence-corrected chi connectivity index (χ1v) is 8.75. The van der Waals surface area contributed by atoms with Crippen molar-refractivity contribution in [3.05, 3.63) is 42.0 Å². The zero-order valence-corrected chi connectivity index (χ0v) is 14.3. The van der Waals surface area contributed by atoms with E-state index in [4.69, 9.17) is 4.74 Å². The molecule has 1 heterocycles. The minimum atomic E-state index is 0.818. The van der Waals surface area contributed by atoms with Gasteiger partial charge in [0.25, 0.3) is 0 Å². The van der Waals surface area contributed by atoms with Crippen LogP contribution in [-0.2, 0) is 6.42 Å². The number of aryl methyl sites for hydroxylation is 1. The lowest BCUT2D eigenvalue weighted by Crippen LogP contribution is -2.35. The van der Waals surface area contributed by atoms with E-state index >= 15 is 0 Å². The summed E-state index contributed by atoms with van der Waals surface area (Å²) in [5.74, 6) is 1.94. The molecule has 1 fully saturated rings. The van der Waals surface area contributed by atoms with Crippen LogP contribution in [0.5, 0.6) is 5.75 Å². The lowest BCUT2D eigenvalue weighted by Gasteiger charge is -2.30. The molecule has 0 N–H and O–H groups in total. The van der Waals surface area contributed by atoms with Crippen LogP contribution in [0, 0.1) is 12.8 Å². The summed E-state index contributed by atoms with van der Waals surface area (Å²) in [4.78, 5) is 2.62. The molecular formula is C20H31NO. The molecule has 2 nitrogen and oxygen atoms in total. The van der Waals surface area contributed by atoms with Crippen molar-refractivity contribution in [2.24, 2.45) is 5.92 Å². The smallest absolute Gasteiger partial charge is 0.125 e. The lowest BCUT2D eigenvalue weighted by atomic mass is 10.0. The van der Waals surface area contributed by atoms with E-state index in [0.717, 1.165) is 31.1 Å². The molecule has 0 aromatic heterocycles. The van der Waals surface area contributed by atoms with Gasteiger partial charge in [-0.05, 0) is 69.2 Å². The van der Waals surface area contributed by atoms with Crippen molar-refractivity contribution in [3.63, 3.8) is 0 Å². The molecule has 122 valence electrons. The fraction of sp³-hybridized carbons (Fsp3) is 0.600. The summed E-state index contributed by atoms with van der Waals surface area (Å²) in [5.41, 5.74) is 2.48. The van der Waals surface area contributed by atoms with Crippen LogP contribution in [0.1, 0.15) is 43.7 Å². The van der Waals surface area contributed by atoms with Crippen molar-refractivity contribution in [1.29, 1.82) is 0 Å². The third kappa shape index (κ3) is 5.17. The van der Waals surface area contributed by atoms with Gasteiger partial charge in [-0.3, -0.25) is 0 Å². The molecular weight excluding hydrogens is 270 g/mol. The van der Waals surface area contributed by atoms with Crippen molar-refractivity contribution in [3.8, 4) is 5.75 Å². The van der Waals surface area contributed by atoms with Gasteiger partial charge in [0.1, 0.15) is 5.75 Å². The number of hydrogen-bond acceptors (Lipinski definition) is 2. The first kappa shape index (κ1) is 17.1. The molecule has 2 heteroatoms. The van der Waals surface area contributed by atoms with Crippen LogP contribution in [0.3, 0.4) is 0 Å². The van der Waals surface area contributed by atoms with E-state index in [-0.39, 0.29) is 0 Å². The Morgan fingerprint density at radius 2 is 2.23 bits per heavy atom.